The van der Waals surface area contributed by atoms with Crippen LogP contribution in [-0.4, -0.2) is 49.1 Å². The topological polar surface area (TPSA) is 67.6 Å². The fourth-order valence-electron chi connectivity index (χ4n) is 3.26. The van der Waals surface area contributed by atoms with E-state index in [1.165, 1.54) is 12.1 Å². The van der Waals surface area contributed by atoms with E-state index in [1.54, 1.807) is 25.5 Å². The molecule has 1 amide bonds. The molecule has 27 heavy (non-hydrogen) atoms. The molecule has 0 spiro atoms. The van der Waals surface area contributed by atoms with Gasteiger partial charge < -0.3 is 14.5 Å². The molecule has 1 aromatic heterocycles. The molecule has 6 nitrogen and oxygen atoms in total. The average molecular weight is 375 g/mol. The van der Waals surface area contributed by atoms with Gasteiger partial charge in [0, 0.05) is 38.3 Å². The fraction of sp³-hybridized carbons (Fsp3) is 0.500. The second-order valence-electron chi connectivity index (χ2n) is 6.84. The summed E-state index contributed by atoms with van der Waals surface area (Å²) in [4.78, 5) is 19.0. The van der Waals surface area contributed by atoms with E-state index >= 15 is 0 Å². The van der Waals surface area contributed by atoms with Crippen LogP contribution >= 0.6 is 0 Å². The summed E-state index contributed by atoms with van der Waals surface area (Å²) in [6, 6.07) is 6.10. The molecule has 0 saturated carbocycles. The lowest BCUT2D eigenvalue weighted by Gasteiger charge is -2.30. The highest BCUT2D eigenvalue weighted by molar-refractivity contribution is 5.78. The number of ether oxygens (including phenoxy) is 1. The number of nitrogens with zero attached hydrogens (tertiary/aromatic N) is 2. The van der Waals surface area contributed by atoms with Gasteiger partial charge in [0.15, 0.2) is 0 Å². The molecule has 0 radical (unpaired) electrons. The summed E-state index contributed by atoms with van der Waals surface area (Å²) < 4.78 is 23.5. The first-order valence-corrected chi connectivity index (χ1v) is 9.35. The predicted octanol–water partition coefficient (Wildman–Crippen LogP) is 2.85. The smallest absolute Gasteiger partial charge is 0.226 e. The molecule has 2 heterocycles. The van der Waals surface area contributed by atoms with Crippen LogP contribution in [-0.2, 0) is 16.1 Å². The van der Waals surface area contributed by atoms with Crippen molar-refractivity contribution in [2.75, 3.05) is 33.4 Å². The maximum absolute atomic E-state index is 13.0. The van der Waals surface area contributed by atoms with E-state index in [0.717, 1.165) is 43.6 Å². The third-order valence-corrected chi connectivity index (χ3v) is 4.81. The molecule has 0 aliphatic carbocycles. The van der Waals surface area contributed by atoms with E-state index in [4.69, 9.17) is 9.15 Å². The Morgan fingerprint density at radius 1 is 1.33 bits per heavy atom. The Hall–Kier alpha value is -2.25. The number of nitrogens with one attached hydrogen (secondary N) is 1. The largest absolute Gasteiger partial charge is 0.444 e. The zero-order valence-corrected chi connectivity index (χ0v) is 15.6. The number of likely N-dealkylation sites (tertiary alicyclic amines) is 1. The van der Waals surface area contributed by atoms with Crippen molar-refractivity contribution in [1.29, 1.82) is 0 Å². The summed E-state index contributed by atoms with van der Waals surface area (Å²) in [5.41, 5.74) is 1.60. The SMILES string of the molecule is COCCCNC(=O)C1CCN(Cc2coc(-c3ccc(F)cc3)n2)CC1. The van der Waals surface area contributed by atoms with E-state index in [2.05, 4.69) is 15.2 Å². The Bertz CT molecular complexity index is 724. The number of carbonyl (C=O) groups excluding carboxylic acids is 1. The molecule has 1 N–H and O–H groups in total. The molecular weight excluding hydrogens is 349 g/mol. The number of hydrogen-bond donors (Lipinski definition) is 1. The maximum Gasteiger partial charge on any atom is 0.226 e. The van der Waals surface area contributed by atoms with Gasteiger partial charge in [-0.3, -0.25) is 9.69 Å². The second-order valence-corrected chi connectivity index (χ2v) is 6.84. The van der Waals surface area contributed by atoms with E-state index in [1.807, 2.05) is 0 Å². The Morgan fingerprint density at radius 2 is 2.07 bits per heavy atom. The summed E-state index contributed by atoms with van der Waals surface area (Å²) in [5, 5.41) is 2.99. The number of benzene rings is 1. The van der Waals surface area contributed by atoms with Crippen molar-refractivity contribution in [2.24, 2.45) is 5.92 Å². The van der Waals surface area contributed by atoms with Crippen LogP contribution in [0.1, 0.15) is 25.0 Å². The van der Waals surface area contributed by atoms with E-state index < -0.39 is 0 Å². The van der Waals surface area contributed by atoms with Crippen LogP contribution in [0.25, 0.3) is 11.5 Å². The summed E-state index contributed by atoms with van der Waals surface area (Å²) in [6.07, 6.45) is 4.18. The molecule has 2 aromatic rings. The van der Waals surface area contributed by atoms with Crippen LogP contribution in [0.15, 0.2) is 34.9 Å². The molecule has 1 fully saturated rings. The highest BCUT2D eigenvalue weighted by Gasteiger charge is 2.25. The van der Waals surface area contributed by atoms with Crippen molar-refractivity contribution >= 4 is 5.91 Å². The minimum Gasteiger partial charge on any atom is -0.444 e. The van der Waals surface area contributed by atoms with Gasteiger partial charge in [-0.1, -0.05) is 0 Å². The first-order valence-electron chi connectivity index (χ1n) is 9.35. The molecule has 1 aromatic carbocycles. The third-order valence-electron chi connectivity index (χ3n) is 4.81. The Morgan fingerprint density at radius 3 is 2.78 bits per heavy atom. The Kier molecular flexibility index (Phi) is 6.95. The van der Waals surface area contributed by atoms with Crippen LogP contribution in [0.3, 0.4) is 0 Å². The number of rotatable bonds is 8. The summed E-state index contributed by atoms with van der Waals surface area (Å²) in [7, 11) is 1.66. The number of methoxy groups -OCH3 is 1. The van der Waals surface area contributed by atoms with Gasteiger partial charge in [-0.15, -0.1) is 0 Å². The van der Waals surface area contributed by atoms with Crippen molar-refractivity contribution < 1.29 is 18.3 Å². The van der Waals surface area contributed by atoms with Crippen molar-refractivity contribution in [1.82, 2.24) is 15.2 Å². The molecule has 7 heteroatoms. The van der Waals surface area contributed by atoms with Crippen LogP contribution in [0.5, 0.6) is 0 Å². The molecule has 3 rings (SSSR count). The van der Waals surface area contributed by atoms with Gasteiger partial charge in [-0.25, -0.2) is 9.37 Å². The highest BCUT2D eigenvalue weighted by atomic mass is 19.1. The molecule has 146 valence electrons. The number of hydrogen-bond acceptors (Lipinski definition) is 5. The lowest BCUT2D eigenvalue weighted by Crippen LogP contribution is -2.40. The first kappa shape index (κ1) is 19.5. The molecule has 0 unspecified atom stereocenters. The molecular formula is C20H26FN3O3. The van der Waals surface area contributed by atoms with Crippen LogP contribution in [0.2, 0.25) is 0 Å². The number of oxazole rings is 1. The van der Waals surface area contributed by atoms with Gasteiger partial charge in [0.25, 0.3) is 0 Å². The van der Waals surface area contributed by atoms with Crippen LogP contribution in [0.4, 0.5) is 4.39 Å². The van der Waals surface area contributed by atoms with Crippen LogP contribution in [0, 0.1) is 11.7 Å². The van der Waals surface area contributed by atoms with Gasteiger partial charge >= 0.3 is 0 Å². The van der Waals surface area contributed by atoms with Crippen molar-refractivity contribution in [3.63, 3.8) is 0 Å². The van der Waals surface area contributed by atoms with Crippen molar-refractivity contribution in [3.8, 4) is 11.5 Å². The molecule has 1 aliphatic rings. The second kappa shape index (κ2) is 9.62. The average Bonchev–Trinajstić information content (AvgIpc) is 3.15. The minimum absolute atomic E-state index is 0.0795. The lowest BCUT2D eigenvalue weighted by molar-refractivity contribution is -0.126. The van der Waals surface area contributed by atoms with E-state index in [9.17, 15) is 9.18 Å². The van der Waals surface area contributed by atoms with Gasteiger partial charge in [0.05, 0.1) is 5.69 Å². The molecule has 1 aliphatic heterocycles. The summed E-state index contributed by atoms with van der Waals surface area (Å²) >= 11 is 0. The van der Waals surface area contributed by atoms with Crippen molar-refractivity contribution in [2.45, 2.75) is 25.8 Å². The predicted molar refractivity (Wildman–Crippen MR) is 99.4 cm³/mol. The fourth-order valence-corrected chi connectivity index (χ4v) is 3.26. The number of halogens is 1. The van der Waals surface area contributed by atoms with Gasteiger partial charge in [-0.2, -0.15) is 0 Å². The molecule has 1 saturated heterocycles. The third kappa shape index (κ3) is 5.61. The quantitative estimate of drug-likeness (QED) is 0.719. The van der Waals surface area contributed by atoms with E-state index in [-0.39, 0.29) is 17.6 Å². The number of amides is 1. The van der Waals surface area contributed by atoms with Crippen LogP contribution < -0.4 is 5.32 Å². The zero-order valence-electron chi connectivity index (χ0n) is 15.6. The number of aromatic nitrogens is 1. The maximum atomic E-state index is 13.0. The Balaban J connectivity index is 1.44. The molecule has 0 atom stereocenters. The summed E-state index contributed by atoms with van der Waals surface area (Å²) in [6.45, 7) is 3.73. The highest BCUT2D eigenvalue weighted by Crippen LogP contribution is 2.22. The van der Waals surface area contributed by atoms with Crippen molar-refractivity contribution in [3.05, 3.63) is 42.0 Å². The zero-order chi connectivity index (χ0) is 19.1. The normalized spacial score (nSPS) is 15.8. The Labute approximate surface area is 158 Å². The van der Waals surface area contributed by atoms with Gasteiger partial charge in [0.2, 0.25) is 11.8 Å². The number of piperidine rings is 1. The molecule has 0 bridgehead atoms. The van der Waals surface area contributed by atoms with Gasteiger partial charge in [0.1, 0.15) is 12.1 Å². The monoisotopic (exact) mass is 375 g/mol. The lowest BCUT2D eigenvalue weighted by atomic mass is 9.96. The first-order chi connectivity index (χ1) is 13.2. The standard InChI is InChI=1S/C20H26FN3O3/c1-26-12-2-9-22-19(25)15-7-10-24(11-8-15)13-18-14-27-20(23-18)16-3-5-17(21)6-4-16/h3-6,14-15H,2,7-13H2,1H3,(H,22,25). The van der Waals surface area contributed by atoms with Gasteiger partial charge in [-0.05, 0) is 56.6 Å². The summed E-state index contributed by atoms with van der Waals surface area (Å²) in [5.74, 6) is 0.438. The minimum atomic E-state index is -0.281. The number of carbonyl (C=O) groups is 1. The van der Waals surface area contributed by atoms with E-state index in [0.29, 0.717) is 25.6 Å².